The molecule has 2 heteroatoms. The summed E-state index contributed by atoms with van der Waals surface area (Å²) >= 11 is 5.33. The van der Waals surface area contributed by atoms with E-state index >= 15 is 0 Å². The number of allylic oxidation sites excluding steroid dienone is 1. The summed E-state index contributed by atoms with van der Waals surface area (Å²) in [4.78, 5) is 10.7. The minimum absolute atomic E-state index is 0.0563. The summed E-state index contributed by atoms with van der Waals surface area (Å²) in [7, 11) is 0. The van der Waals surface area contributed by atoms with Gasteiger partial charge >= 0.3 is 0 Å². The molecule has 0 aromatic rings. The van der Waals surface area contributed by atoms with E-state index in [-0.39, 0.29) is 11.2 Å². The lowest BCUT2D eigenvalue weighted by Gasteiger charge is -2.12. The minimum atomic E-state index is -0.255. The molecule has 0 aliphatic carbocycles. The van der Waals surface area contributed by atoms with Crippen LogP contribution in [0.5, 0.6) is 0 Å². The van der Waals surface area contributed by atoms with Crippen molar-refractivity contribution in [3.63, 3.8) is 0 Å². The maximum Gasteiger partial charge on any atom is 0.225 e. The van der Waals surface area contributed by atoms with Gasteiger partial charge in [0, 0.05) is 5.92 Å². The fraction of sp³-hybridized carbons (Fsp3) is 0.625. The van der Waals surface area contributed by atoms with Crippen molar-refractivity contribution in [2.75, 3.05) is 0 Å². The van der Waals surface area contributed by atoms with Gasteiger partial charge in [0.2, 0.25) is 5.24 Å². The molecule has 0 bridgehead atoms. The summed E-state index contributed by atoms with van der Waals surface area (Å²) < 4.78 is 0. The molecule has 1 nitrogen and oxygen atoms in total. The van der Waals surface area contributed by atoms with Gasteiger partial charge in [-0.25, -0.2) is 0 Å². The second-order valence-corrected chi connectivity index (χ2v) is 3.05. The Hall–Kier alpha value is -0.300. The Morgan fingerprint density at radius 3 is 2.30 bits per heavy atom. The summed E-state index contributed by atoms with van der Waals surface area (Å²) in [5, 5.41) is -0.255. The Morgan fingerprint density at radius 2 is 2.20 bits per heavy atom. The smallest absolute Gasteiger partial charge is 0.225 e. The molecule has 0 aromatic carbocycles. The number of hydrogen-bond donors (Lipinski definition) is 0. The third kappa shape index (κ3) is 3.02. The highest BCUT2D eigenvalue weighted by Crippen LogP contribution is 2.18. The quantitative estimate of drug-likeness (QED) is 0.457. The van der Waals surface area contributed by atoms with Crippen LogP contribution in [-0.4, -0.2) is 5.24 Å². The van der Waals surface area contributed by atoms with E-state index < -0.39 is 0 Å². The van der Waals surface area contributed by atoms with Crippen molar-refractivity contribution in [2.45, 2.75) is 20.3 Å². The summed E-state index contributed by atoms with van der Waals surface area (Å²) in [6.07, 6.45) is 2.41. The molecule has 0 N–H and O–H groups in total. The molecule has 0 aliphatic heterocycles. The van der Waals surface area contributed by atoms with Crippen LogP contribution < -0.4 is 0 Å². The molecule has 0 amide bonds. The van der Waals surface area contributed by atoms with Crippen LogP contribution in [0.1, 0.15) is 20.3 Å². The molecule has 0 aliphatic rings. The highest BCUT2D eigenvalue weighted by Gasteiger charge is 2.17. The summed E-state index contributed by atoms with van der Waals surface area (Å²) in [5.41, 5.74) is 0. The number of carbonyl (C=O) groups is 1. The van der Waals surface area contributed by atoms with Gasteiger partial charge in [0.1, 0.15) is 0 Å². The zero-order valence-corrected chi connectivity index (χ0v) is 7.19. The molecule has 1 atom stereocenters. The molecule has 0 fully saturated rings. The van der Waals surface area contributed by atoms with Gasteiger partial charge in [-0.1, -0.05) is 19.9 Å². The van der Waals surface area contributed by atoms with E-state index in [0.717, 1.165) is 0 Å². The monoisotopic (exact) mass is 160 g/mol. The molecular formula is C8H13ClO. The molecular weight excluding hydrogens is 148 g/mol. The van der Waals surface area contributed by atoms with Gasteiger partial charge in [0.25, 0.3) is 0 Å². The van der Waals surface area contributed by atoms with Crippen molar-refractivity contribution in [1.82, 2.24) is 0 Å². The van der Waals surface area contributed by atoms with Gasteiger partial charge in [0.05, 0.1) is 0 Å². The predicted octanol–water partition coefficient (Wildman–Crippen LogP) is 2.60. The Labute approximate surface area is 67.1 Å². The van der Waals surface area contributed by atoms with E-state index in [0.29, 0.717) is 12.3 Å². The Bertz CT molecular complexity index is 129. The van der Waals surface area contributed by atoms with Crippen LogP contribution in [-0.2, 0) is 4.79 Å². The number of rotatable bonds is 4. The molecule has 0 unspecified atom stereocenters. The van der Waals surface area contributed by atoms with E-state index in [1.165, 1.54) is 0 Å². The topological polar surface area (TPSA) is 17.1 Å². The molecule has 0 radical (unpaired) electrons. The van der Waals surface area contributed by atoms with Crippen LogP contribution in [0, 0.1) is 11.8 Å². The Balaban J connectivity index is 3.97. The van der Waals surface area contributed by atoms with Gasteiger partial charge < -0.3 is 0 Å². The van der Waals surface area contributed by atoms with E-state index in [4.69, 9.17) is 11.6 Å². The average Bonchev–Trinajstić information content (AvgIpc) is 1.81. The van der Waals surface area contributed by atoms with Crippen molar-refractivity contribution in [3.8, 4) is 0 Å². The standard InChI is InChI=1S/C8H13ClO/c1-4-5-7(6(2)3)8(9)10/h4,6-7H,1,5H2,2-3H3/t7-/m0/s1. The van der Waals surface area contributed by atoms with Crippen molar-refractivity contribution < 1.29 is 4.79 Å². The van der Waals surface area contributed by atoms with Crippen LogP contribution in [0.2, 0.25) is 0 Å². The van der Waals surface area contributed by atoms with E-state index in [9.17, 15) is 4.79 Å². The summed E-state index contributed by atoms with van der Waals surface area (Å²) in [6.45, 7) is 7.52. The lowest BCUT2D eigenvalue weighted by atomic mass is 9.94. The van der Waals surface area contributed by atoms with Gasteiger partial charge in [-0.2, -0.15) is 0 Å². The van der Waals surface area contributed by atoms with Crippen molar-refractivity contribution in [2.24, 2.45) is 11.8 Å². The first-order chi connectivity index (χ1) is 4.59. The molecule has 10 heavy (non-hydrogen) atoms. The second-order valence-electron chi connectivity index (χ2n) is 2.68. The van der Waals surface area contributed by atoms with Crippen LogP contribution in [0.25, 0.3) is 0 Å². The minimum Gasteiger partial charge on any atom is -0.281 e. The maximum atomic E-state index is 10.7. The van der Waals surface area contributed by atoms with Crippen LogP contribution >= 0.6 is 11.6 Å². The van der Waals surface area contributed by atoms with Gasteiger partial charge in [-0.3, -0.25) is 4.79 Å². The van der Waals surface area contributed by atoms with E-state index in [1.54, 1.807) is 6.08 Å². The average molecular weight is 161 g/mol. The normalized spacial score (nSPS) is 13.2. The van der Waals surface area contributed by atoms with Crippen molar-refractivity contribution >= 4 is 16.8 Å². The third-order valence-electron chi connectivity index (χ3n) is 1.52. The Morgan fingerprint density at radius 1 is 1.70 bits per heavy atom. The van der Waals surface area contributed by atoms with Crippen molar-refractivity contribution in [3.05, 3.63) is 12.7 Å². The fourth-order valence-electron chi connectivity index (χ4n) is 0.806. The lowest BCUT2D eigenvalue weighted by Crippen LogP contribution is -2.14. The second kappa shape index (κ2) is 4.51. The SMILES string of the molecule is C=CC[C@H](C(=O)Cl)C(C)C. The molecule has 0 spiro atoms. The molecule has 0 aromatic heterocycles. The predicted molar refractivity (Wildman–Crippen MR) is 44.0 cm³/mol. The van der Waals surface area contributed by atoms with Crippen LogP contribution in [0.15, 0.2) is 12.7 Å². The summed E-state index contributed by atoms with van der Waals surface area (Å²) in [5.74, 6) is 0.252. The van der Waals surface area contributed by atoms with Crippen LogP contribution in [0.4, 0.5) is 0 Å². The summed E-state index contributed by atoms with van der Waals surface area (Å²) in [6, 6.07) is 0. The zero-order valence-electron chi connectivity index (χ0n) is 6.43. The largest absolute Gasteiger partial charge is 0.281 e. The number of carbonyl (C=O) groups excluding carboxylic acids is 1. The van der Waals surface area contributed by atoms with E-state index in [1.807, 2.05) is 13.8 Å². The zero-order chi connectivity index (χ0) is 8.15. The molecule has 0 heterocycles. The fourth-order valence-corrected chi connectivity index (χ4v) is 1.15. The Kier molecular flexibility index (Phi) is 4.37. The molecule has 0 rings (SSSR count). The highest BCUT2D eigenvalue weighted by molar-refractivity contribution is 6.64. The van der Waals surface area contributed by atoms with Crippen LogP contribution in [0.3, 0.4) is 0 Å². The molecule has 0 saturated carbocycles. The van der Waals surface area contributed by atoms with Gasteiger partial charge in [-0.15, -0.1) is 6.58 Å². The van der Waals surface area contributed by atoms with Gasteiger partial charge in [-0.05, 0) is 23.9 Å². The first kappa shape index (κ1) is 9.70. The molecule has 0 saturated heterocycles. The highest BCUT2D eigenvalue weighted by atomic mass is 35.5. The van der Waals surface area contributed by atoms with E-state index in [2.05, 4.69) is 6.58 Å². The van der Waals surface area contributed by atoms with Gasteiger partial charge in [0.15, 0.2) is 0 Å². The maximum absolute atomic E-state index is 10.7. The number of hydrogen-bond acceptors (Lipinski definition) is 1. The lowest BCUT2D eigenvalue weighted by molar-refractivity contribution is -0.116. The third-order valence-corrected chi connectivity index (χ3v) is 1.80. The van der Waals surface area contributed by atoms with Crippen molar-refractivity contribution in [1.29, 1.82) is 0 Å². The first-order valence-electron chi connectivity index (χ1n) is 3.39. The molecule has 58 valence electrons. The number of halogens is 1. The first-order valence-corrected chi connectivity index (χ1v) is 3.77.